The van der Waals surface area contributed by atoms with Gasteiger partial charge in [0.25, 0.3) is 0 Å². The minimum absolute atomic E-state index is 0. The molecule has 0 bridgehead atoms. The quantitative estimate of drug-likeness (QED) is 0.0850. The number of halogens is 3. The van der Waals surface area contributed by atoms with Gasteiger partial charge in [0.2, 0.25) is 0 Å². The Morgan fingerprint density at radius 3 is 1.03 bits per heavy atom. The molecule has 0 saturated carbocycles. The van der Waals surface area contributed by atoms with Crippen LogP contribution in [-0.4, -0.2) is 54.2 Å². The second-order valence-electron chi connectivity index (χ2n) is 12.5. The molecule has 0 saturated heterocycles. The van der Waals surface area contributed by atoms with E-state index in [9.17, 15) is 14.7 Å². The van der Waals surface area contributed by atoms with Gasteiger partial charge in [0.15, 0.2) is 0 Å². The number of carboxylic acid groups (broad SMARTS) is 1. The number of aliphatic carboxylic acids is 1. The molecule has 0 aliphatic heterocycles. The second kappa shape index (κ2) is 25.9. The van der Waals surface area contributed by atoms with E-state index in [0.29, 0.717) is 10.2 Å². The molecule has 0 aromatic carbocycles. The summed E-state index contributed by atoms with van der Waals surface area (Å²) < 4.78 is 6.14. The molecular weight excluding hydrogens is 724 g/mol. The molecule has 0 heterocycles. The van der Waals surface area contributed by atoms with E-state index in [4.69, 9.17) is 16.3 Å². The van der Waals surface area contributed by atoms with Gasteiger partial charge in [-0.25, -0.2) is 4.79 Å². The Morgan fingerprint density at radius 1 is 0.722 bits per heavy atom. The summed E-state index contributed by atoms with van der Waals surface area (Å²) >= 11 is 6.36. The Labute approximate surface area is 353 Å². The SMILES string of the molecule is C=C(C)C(=O)OC([Si](C)(C)C)[Si](C)(C)C.C=C(C)C(=O)[O-].C[Si](C)(C)C(Cl)[Si](C)(C)C.[Cl-].[I-].[K+].[K+].[Li+]. The van der Waals surface area contributed by atoms with Gasteiger partial charge in [0, 0.05) is 10.2 Å². The van der Waals surface area contributed by atoms with Crippen LogP contribution in [0.2, 0.25) is 78.6 Å². The van der Waals surface area contributed by atoms with Gasteiger partial charge in [-0.15, -0.1) is 11.6 Å². The topological polar surface area (TPSA) is 66.4 Å². The number of carbonyl (C=O) groups excluding carboxylic acids is 2. The molecule has 36 heavy (non-hydrogen) atoms. The van der Waals surface area contributed by atoms with Gasteiger partial charge in [-0.2, -0.15) is 0 Å². The number of alkyl halides is 1. The predicted octanol–water partition coefficient (Wildman–Crippen LogP) is -9.09. The number of hydrogen-bond donors (Lipinski definition) is 0. The molecule has 4 nitrogen and oxygen atoms in total. The van der Waals surface area contributed by atoms with Gasteiger partial charge < -0.3 is 51.0 Å². The van der Waals surface area contributed by atoms with Gasteiger partial charge in [-0.1, -0.05) is 91.7 Å². The van der Waals surface area contributed by atoms with E-state index in [1.165, 1.54) is 6.92 Å². The number of esters is 1. The third-order valence-electron chi connectivity index (χ3n) is 4.02. The Kier molecular flexibility index (Phi) is 43.1. The van der Waals surface area contributed by atoms with Crippen LogP contribution >= 0.6 is 11.6 Å². The third-order valence-corrected chi connectivity index (χ3v) is 24.8. The Hall–Kier alpha value is 4.47. The Balaban J connectivity index is -0.0000000550. The number of ether oxygens (including phenoxy) is 1. The van der Waals surface area contributed by atoms with Crippen LogP contribution in [0, 0.1) is 0 Å². The Morgan fingerprint density at radius 2 is 0.944 bits per heavy atom. The van der Waals surface area contributed by atoms with Crippen molar-refractivity contribution in [3.05, 3.63) is 24.3 Å². The average molecular weight is 772 g/mol. The molecule has 0 amide bonds. The summed E-state index contributed by atoms with van der Waals surface area (Å²) in [5.41, 5.74) is 0.562. The summed E-state index contributed by atoms with van der Waals surface area (Å²) in [6, 6.07) is 0. The van der Waals surface area contributed by atoms with Gasteiger partial charge >= 0.3 is 128 Å². The molecular formula is C22H48Cl2IK2LiO4Si4. The molecule has 0 atom stereocenters. The maximum Gasteiger partial charge on any atom is 1.00 e. The summed E-state index contributed by atoms with van der Waals surface area (Å²) in [5, 5.41) is 9.65. The smallest absolute Gasteiger partial charge is 1.00 e. The van der Waals surface area contributed by atoms with Crippen LogP contribution in [0.5, 0.6) is 0 Å². The molecule has 0 spiro atoms. The standard InChI is InChI=1S/C11H24O2Si2.C7H19ClSi2.C4H6O2.ClH.HI.2K.Li/c1-9(2)10(12)13-11(14(3,4)5)15(6,7)8;1-9(2,3)7(8)10(4,5)6;1-3(2)4(5)6;;;;;/h11H,1H2,2-8H3;7H,1-6H3;1H2,2H3,(H,5,6);2*1H;;;/q;;;;;3*+1/p-3. The largest absolute Gasteiger partial charge is 1.00 e. The first-order chi connectivity index (χ1) is 13.3. The summed E-state index contributed by atoms with van der Waals surface area (Å²) in [6.45, 7) is 37.4. The van der Waals surface area contributed by atoms with Crippen LogP contribution in [0.1, 0.15) is 13.8 Å². The average Bonchev–Trinajstić information content (AvgIpc) is 2.48. The minimum Gasteiger partial charge on any atom is -1.00 e. The molecule has 0 N–H and O–H groups in total. The van der Waals surface area contributed by atoms with Crippen LogP contribution in [0.4, 0.5) is 0 Å². The van der Waals surface area contributed by atoms with Crippen molar-refractivity contribution >= 4 is 55.8 Å². The van der Waals surface area contributed by atoms with Crippen LogP contribution in [0.3, 0.4) is 0 Å². The Bertz CT molecular complexity index is 610. The maximum atomic E-state index is 11.6. The molecule has 0 aromatic rings. The summed E-state index contributed by atoms with van der Waals surface area (Å²) in [7, 11) is -5.04. The second-order valence-corrected chi connectivity index (χ2v) is 35.9. The molecule has 0 radical (unpaired) electrons. The van der Waals surface area contributed by atoms with Gasteiger partial charge in [0.05, 0.1) is 43.6 Å². The van der Waals surface area contributed by atoms with Crippen LogP contribution in [-0.2, 0) is 14.3 Å². The zero-order chi connectivity index (χ0) is 26.2. The molecule has 0 unspecified atom stereocenters. The van der Waals surface area contributed by atoms with Gasteiger partial charge in [-0.3, -0.25) is 0 Å². The predicted molar refractivity (Wildman–Crippen MR) is 148 cm³/mol. The van der Waals surface area contributed by atoms with Crippen LogP contribution < -0.4 is 163 Å². The molecule has 0 aromatic heterocycles. The first kappa shape index (κ1) is 59.8. The minimum atomic E-state index is -1.45. The summed E-state index contributed by atoms with van der Waals surface area (Å²) in [6.07, 6.45) is 0. The van der Waals surface area contributed by atoms with Gasteiger partial charge in [0.1, 0.15) is 0 Å². The van der Waals surface area contributed by atoms with E-state index in [1.54, 1.807) is 6.92 Å². The van der Waals surface area contributed by atoms with Crippen LogP contribution in [0.25, 0.3) is 0 Å². The molecule has 14 heteroatoms. The fraction of sp³-hybridized carbons (Fsp3) is 0.727. The molecule has 0 fully saturated rings. The van der Waals surface area contributed by atoms with Crippen molar-refractivity contribution in [2.75, 3.05) is 0 Å². The molecule has 0 aliphatic carbocycles. The van der Waals surface area contributed by atoms with Crippen LogP contribution in [0.15, 0.2) is 24.3 Å². The van der Waals surface area contributed by atoms with E-state index in [1.807, 2.05) is 0 Å². The van der Waals surface area contributed by atoms with E-state index in [-0.39, 0.29) is 175 Å². The number of rotatable bonds is 7. The zero-order valence-corrected chi connectivity index (χ0v) is 40.3. The first-order valence-corrected chi connectivity index (χ1v) is 25.4. The van der Waals surface area contributed by atoms with Crippen molar-refractivity contribution in [2.45, 2.75) is 102 Å². The number of hydrogen-bond acceptors (Lipinski definition) is 4. The van der Waals surface area contributed by atoms with Crippen molar-refractivity contribution in [2.24, 2.45) is 0 Å². The van der Waals surface area contributed by atoms with Crippen molar-refractivity contribution in [3.63, 3.8) is 0 Å². The van der Waals surface area contributed by atoms with Gasteiger partial charge in [-0.05, 0) is 19.4 Å². The van der Waals surface area contributed by atoms with Crippen molar-refractivity contribution in [1.82, 2.24) is 0 Å². The van der Waals surface area contributed by atoms with E-state index >= 15 is 0 Å². The fourth-order valence-electron chi connectivity index (χ4n) is 3.16. The van der Waals surface area contributed by atoms with Crippen molar-refractivity contribution < 1.29 is 177 Å². The molecule has 0 aliphatic rings. The number of carboxylic acids is 1. The number of carbonyl (C=O) groups is 2. The van der Waals surface area contributed by atoms with Crippen molar-refractivity contribution in [1.29, 1.82) is 0 Å². The first-order valence-electron chi connectivity index (χ1n) is 10.6. The molecule has 0 rings (SSSR count). The molecule has 200 valence electrons. The normalized spacial score (nSPS) is 10.6. The fourth-order valence-corrected chi connectivity index (χ4v) is 24.9. The van der Waals surface area contributed by atoms with E-state index in [0.717, 1.165) is 0 Å². The zero-order valence-electron chi connectivity index (χ0n) is 26.3. The van der Waals surface area contributed by atoms with Crippen molar-refractivity contribution in [3.8, 4) is 0 Å². The van der Waals surface area contributed by atoms with E-state index in [2.05, 4.69) is 91.7 Å². The van der Waals surface area contributed by atoms with E-state index < -0.39 is 38.3 Å². The third kappa shape index (κ3) is 33.0. The summed E-state index contributed by atoms with van der Waals surface area (Å²) in [5.74, 6) is -1.42. The monoisotopic (exact) mass is 770 g/mol. The maximum absolute atomic E-state index is 11.6. The summed E-state index contributed by atoms with van der Waals surface area (Å²) in [4.78, 5) is 21.1.